The van der Waals surface area contributed by atoms with Crippen molar-refractivity contribution in [2.24, 2.45) is 0 Å². The molecule has 0 aromatic heterocycles. The number of morpholine rings is 1. The normalized spacial score (nSPS) is 24.6. The largest absolute Gasteiger partial charge is 0.448 e. The molecule has 38 heavy (non-hydrogen) atoms. The molecule has 0 radical (unpaired) electrons. The zero-order valence-electron chi connectivity index (χ0n) is 20.2. The summed E-state index contributed by atoms with van der Waals surface area (Å²) in [5.74, 6) is -1.55. The van der Waals surface area contributed by atoms with Crippen molar-refractivity contribution in [3.8, 4) is 11.1 Å². The van der Waals surface area contributed by atoms with Crippen molar-refractivity contribution in [3.63, 3.8) is 0 Å². The zero-order valence-corrected chi connectivity index (χ0v) is 20.2. The summed E-state index contributed by atoms with van der Waals surface area (Å²) in [4.78, 5) is 14.9. The number of carbonyl (C=O) groups excluding carboxylic acids is 1. The summed E-state index contributed by atoms with van der Waals surface area (Å²) in [6.45, 7) is 0.399. The fraction of sp³-hybridized carbons (Fsp3) is 0.345. The predicted molar refractivity (Wildman–Crippen MR) is 130 cm³/mol. The van der Waals surface area contributed by atoms with Gasteiger partial charge >= 0.3 is 12.3 Å². The zero-order chi connectivity index (χ0) is 26.7. The fourth-order valence-electron chi connectivity index (χ4n) is 6.21. The van der Waals surface area contributed by atoms with Crippen molar-refractivity contribution < 1.29 is 36.9 Å². The van der Waals surface area contributed by atoms with E-state index in [1.807, 2.05) is 48.5 Å². The van der Waals surface area contributed by atoms with Gasteiger partial charge in [0.1, 0.15) is 12.4 Å². The monoisotopic (exact) mass is 527 g/mol. The van der Waals surface area contributed by atoms with Crippen LogP contribution >= 0.6 is 0 Å². The molecule has 2 saturated heterocycles. The fourth-order valence-corrected chi connectivity index (χ4v) is 6.21. The Balaban J connectivity index is 1.20. The van der Waals surface area contributed by atoms with Gasteiger partial charge in [0, 0.05) is 18.8 Å². The van der Waals surface area contributed by atoms with Crippen molar-refractivity contribution in [1.29, 1.82) is 0 Å². The number of aliphatic hydroxyl groups is 1. The van der Waals surface area contributed by atoms with Gasteiger partial charge in [0.2, 0.25) is 0 Å². The average molecular weight is 528 g/mol. The van der Waals surface area contributed by atoms with Gasteiger partial charge in [-0.2, -0.15) is 13.2 Å². The molecule has 6 rings (SSSR count). The molecular formula is C29H25F4NO4. The van der Waals surface area contributed by atoms with Crippen molar-refractivity contribution in [3.05, 3.63) is 94.8 Å². The van der Waals surface area contributed by atoms with Crippen LogP contribution in [0.2, 0.25) is 0 Å². The third-order valence-corrected chi connectivity index (χ3v) is 7.91. The molecule has 198 valence electrons. The third kappa shape index (κ3) is 4.14. The minimum atomic E-state index is -4.83. The lowest BCUT2D eigenvalue weighted by molar-refractivity contribution is -0.141. The summed E-state index contributed by atoms with van der Waals surface area (Å²) in [5, 5.41) is 11.4. The Bertz CT molecular complexity index is 1330. The molecule has 2 heterocycles. The highest BCUT2D eigenvalue weighted by molar-refractivity contribution is 5.79. The lowest BCUT2D eigenvalue weighted by atomic mass is 9.77. The number of carbonyl (C=O) groups is 1. The van der Waals surface area contributed by atoms with E-state index in [4.69, 9.17) is 9.47 Å². The molecule has 9 heteroatoms. The van der Waals surface area contributed by atoms with E-state index in [0.29, 0.717) is 6.07 Å². The molecule has 1 amide bonds. The predicted octanol–water partition coefficient (Wildman–Crippen LogP) is 5.84. The summed E-state index contributed by atoms with van der Waals surface area (Å²) < 4.78 is 64.8. The first-order valence-electron chi connectivity index (χ1n) is 12.5. The van der Waals surface area contributed by atoms with E-state index in [2.05, 4.69) is 0 Å². The van der Waals surface area contributed by atoms with Crippen LogP contribution in [0.5, 0.6) is 0 Å². The smallest absolute Gasteiger partial charge is 0.419 e. The SMILES string of the molecule is O=C(OCC1c2ccccc2-c2ccccc21)N1C2COCC1CC(O)(c1ccc(C(F)(F)F)c(F)c1)C2. The second-order valence-corrected chi connectivity index (χ2v) is 10.2. The summed E-state index contributed by atoms with van der Waals surface area (Å²) in [6, 6.07) is 17.4. The van der Waals surface area contributed by atoms with Crippen LogP contribution < -0.4 is 0 Å². The molecule has 2 aliphatic heterocycles. The molecular weight excluding hydrogens is 502 g/mol. The molecule has 5 nitrogen and oxygen atoms in total. The van der Waals surface area contributed by atoms with Gasteiger partial charge in [-0.05, 0) is 39.9 Å². The van der Waals surface area contributed by atoms with Gasteiger partial charge in [-0.1, -0.05) is 54.6 Å². The number of rotatable bonds is 3. The number of nitrogens with zero attached hydrogens (tertiary/aromatic N) is 1. The minimum Gasteiger partial charge on any atom is -0.448 e. The molecule has 1 N–H and O–H groups in total. The Morgan fingerprint density at radius 2 is 1.55 bits per heavy atom. The number of halogens is 4. The molecule has 3 aromatic carbocycles. The number of ether oxygens (including phenoxy) is 2. The molecule has 0 saturated carbocycles. The maximum atomic E-state index is 14.3. The molecule has 2 atom stereocenters. The van der Waals surface area contributed by atoms with Gasteiger partial charge in [0.15, 0.2) is 0 Å². The Morgan fingerprint density at radius 3 is 2.11 bits per heavy atom. The number of benzene rings is 3. The van der Waals surface area contributed by atoms with Crippen molar-refractivity contribution in [1.82, 2.24) is 4.90 Å². The Morgan fingerprint density at radius 1 is 0.974 bits per heavy atom. The Labute approximate surface area is 216 Å². The maximum absolute atomic E-state index is 14.3. The van der Waals surface area contributed by atoms with Crippen LogP contribution in [-0.2, 0) is 21.3 Å². The van der Waals surface area contributed by atoms with Crippen molar-refractivity contribution in [2.75, 3.05) is 19.8 Å². The summed E-state index contributed by atoms with van der Waals surface area (Å²) in [5.41, 5.74) is 1.45. The van der Waals surface area contributed by atoms with E-state index in [1.165, 1.54) is 0 Å². The van der Waals surface area contributed by atoms with Gasteiger partial charge in [0.05, 0.1) is 36.5 Å². The number of piperidine rings is 1. The van der Waals surface area contributed by atoms with E-state index >= 15 is 0 Å². The van der Waals surface area contributed by atoms with Crippen LogP contribution in [0.25, 0.3) is 11.1 Å². The maximum Gasteiger partial charge on any atom is 0.419 e. The number of amides is 1. The van der Waals surface area contributed by atoms with Gasteiger partial charge in [-0.3, -0.25) is 4.90 Å². The van der Waals surface area contributed by atoms with Crippen LogP contribution in [0.3, 0.4) is 0 Å². The first kappa shape index (κ1) is 24.9. The lowest BCUT2D eigenvalue weighted by Crippen LogP contribution is -2.62. The number of fused-ring (bicyclic) bond motifs is 5. The average Bonchev–Trinajstić information content (AvgIpc) is 3.19. The van der Waals surface area contributed by atoms with Crippen LogP contribution in [0, 0.1) is 5.82 Å². The highest BCUT2D eigenvalue weighted by atomic mass is 19.4. The molecule has 2 unspecified atom stereocenters. The quantitative estimate of drug-likeness (QED) is 0.435. The Kier molecular flexibility index (Phi) is 5.96. The minimum absolute atomic E-state index is 0.0154. The van der Waals surface area contributed by atoms with Gasteiger partial charge < -0.3 is 14.6 Å². The van der Waals surface area contributed by atoms with E-state index in [9.17, 15) is 27.5 Å². The topological polar surface area (TPSA) is 59.0 Å². The highest BCUT2D eigenvalue weighted by Crippen LogP contribution is 2.46. The number of hydrogen-bond donors (Lipinski definition) is 1. The van der Waals surface area contributed by atoms with E-state index in [-0.39, 0.29) is 44.1 Å². The van der Waals surface area contributed by atoms with Gasteiger partial charge in [-0.25, -0.2) is 9.18 Å². The van der Waals surface area contributed by atoms with E-state index < -0.39 is 41.3 Å². The molecule has 3 aliphatic rings. The molecule has 3 aromatic rings. The van der Waals surface area contributed by atoms with E-state index in [1.54, 1.807) is 4.90 Å². The lowest BCUT2D eigenvalue weighted by Gasteiger charge is -2.51. The van der Waals surface area contributed by atoms with E-state index in [0.717, 1.165) is 34.4 Å². The molecule has 2 fully saturated rings. The van der Waals surface area contributed by atoms with Crippen molar-refractivity contribution >= 4 is 6.09 Å². The second kappa shape index (κ2) is 9.10. The first-order chi connectivity index (χ1) is 18.2. The van der Waals surface area contributed by atoms with Crippen LogP contribution in [0.1, 0.15) is 41.0 Å². The van der Waals surface area contributed by atoms with Gasteiger partial charge in [-0.15, -0.1) is 0 Å². The standard InChI is InChI=1S/C29H25F4NO4/c30-26-11-17(9-10-25(26)29(31,32)33)28(36)12-18-14-37-15-19(13-28)34(18)27(35)38-16-24-22-7-3-1-5-20(22)21-6-2-4-8-23(21)24/h1-11,18-19,24,36H,12-16H2. The molecule has 0 spiro atoms. The van der Waals surface area contributed by atoms with Crippen LogP contribution in [-0.4, -0.2) is 48.0 Å². The molecule has 1 aliphatic carbocycles. The summed E-state index contributed by atoms with van der Waals surface area (Å²) >= 11 is 0. The van der Waals surface area contributed by atoms with Crippen LogP contribution in [0.15, 0.2) is 66.7 Å². The number of hydrogen-bond acceptors (Lipinski definition) is 4. The van der Waals surface area contributed by atoms with Crippen LogP contribution in [0.4, 0.5) is 22.4 Å². The summed E-state index contributed by atoms with van der Waals surface area (Å²) in [6.07, 6.45) is -5.40. The van der Waals surface area contributed by atoms with Crippen molar-refractivity contribution in [2.45, 2.75) is 42.6 Å². The molecule has 2 bridgehead atoms. The second-order valence-electron chi connectivity index (χ2n) is 10.2. The highest BCUT2D eigenvalue weighted by Gasteiger charge is 2.50. The summed E-state index contributed by atoms with van der Waals surface area (Å²) in [7, 11) is 0. The number of alkyl halides is 3. The first-order valence-corrected chi connectivity index (χ1v) is 12.5. The third-order valence-electron chi connectivity index (χ3n) is 7.91. The Hall–Kier alpha value is -3.43. The van der Waals surface area contributed by atoms with Gasteiger partial charge in [0.25, 0.3) is 0 Å².